The minimum Gasteiger partial charge on any atom is -0.313 e. The molecule has 1 aromatic carbocycles. The lowest BCUT2D eigenvalue weighted by molar-refractivity contribution is 0.357. The van der Waals surface area contributed by atoms with E-state index in [2.05, 4.69) is 19.2 Å². The van der Waals surface area contributed by atoms with Crippen molar-refractivity contribution in [2.45, 2.75) is 39.2 Å². The van der Waals surface area contributed by atoms with Gasteiger partial charge in [0.25, 0.3) is 0 Å². The first-order valence-electron chi connectivity index (χ1n) is 6.22. The maximum absolute atomic E-state index is 13.7. The van der Waals surface area contributed by atoms with Gasteiger partial charge in [-0.1, -0.05) is 25.4 Å². The number of hydrogen-bond donors (Lipinski definition) is 1. The van der Waals surface area contributed by atoms with Crippen LogP contribution in [0, 0.1) is 11.2 Å². The Balaban J connectivity index is 2.14. The van der Waals surface area contributed by atoms with E-state index < -0.39 is 0 Å². The summed E-state index contributed by atoms with van der Waals surface area (Å²) in [5, 5.41) is 4.08. The summed E-state index contributed by atoms with van der Waals surface area (Å²) in [4.78, 5) is 0. The van der Waals surface area contributed by atoms with Gasteiger partial charge in [0.1, 0.15) is 5.82 Å². The van der Waals surface area contributed by atoms with Gasteiger partial charge in [0, 0.05) is 11.1 Å². The molecule has 1 aliphatic carbocycles. The highest BCUT2D eigenvalue weighted by Gasteiger charge is 2.44. The molecular formula is C14H19ClFN. The second-order valence-electron chi connectivity index (χ2n) is 5.20. The van der Waals surface area contributed by atoms with E-state index in [0.717, 1.165) is 18.5 Å². The Kier molecular flexibility index (Phi) is 3.74. The van der Waals surface area contributed by atoms with Gasteiger partial charge in [-0.15, -0.1) is 0 Å². The van der Waals surface area contributed by atoms with Crippen molar-refractivity contribution in [2.24, 2.45) is 5.41 Å². The number of benzene rings is 1. The third-order valence-electron chi connectivity index (χ3n) is 3.76. The second-order valence-corrected chi connectivity index (χ2v) is 5.64. The molecule has 94 valence electrons. The van der Waals surface area contributed by atoms with Crippen LogP contribution in [0.2, 0.25) is 5.02 Å². The maximum Gasteiger partial charge on any atom is 0.126 e. The molecule has 1 saturated carbocycles. The molecule has 1 aliphatic rings. The van der Waals surface area contributed by atoms with Crippen LogP contribution in [0.3, 0.4) is 0 Å². The van der Waals surface area contributed by atoms with E-state index >= 15 is 0 Å². The molecule has 1 aromatic rings. The van der Waals surface area contributed by atoms with E-state index in [0.29, 0.717) is 16.5 Å². The SMILES string of the molecule is CCNC(Cc1cc(Cl)ccc1F)C1(C)CC1. The summed E-state index contributed by atoms with van der Waals surface area (Å²) in [6, 6.07) is 5.14. The highest BCUT2D eigenvalue weighted by atomic mass is 35.5. The zero-order valence-corrected chi connectivity index (χ0v) is 11.1. The minimum absolute atomic E-state index is 0.151. The number of nitrogens with one attached hydrogen (secondary N) is 1. The van der Waals surface area contributed by atoms with Crippen LogP contribution in [-0.2, 0) is 6.42 Å². The standard InChI is InChI=1S/C14H19ClFN/c1-3-17-13(14(2)6-7-14)9-10-8-11(15)4-5-12(10)16/h4-5,8,13,17H,3,6-7,9H2,1-2H3. The highest BCUT2D eigenvalue weighted by Crippen LogP contribution is 2.49. The molecule has 0 aromatic heterocycles. The fourth-order valence-corrected chi connectivity index (χ4v) is 2.47. The van der Waals surface area contributed by atoms with Crippen LogP contribution in [0.4, 0.5) is 4.39 Å². The van der Waals surface area contributed by atoms with E-state index in [1.165, 1.54) is 18.9 Å². The Morgan fingerprint density at radius 1 is 1.47 bits per heavy atom. The van der Waals surface area contributed by atoms with E-state index in [1.807, 2.05) is 0 Å². The van der Waals surface area contributed by atoms with Crippen molar-refractivity contribution in [3.05, 3.63) is 34.6 Å². The predicted molar refractivity (Wildman–Crippen MR) is 69.9 cm³/mol. The molecule has 1 nitrogen and oxygen atoms in total. The zero-order chi connectivity index (χ0) is 12.5. The summed E-state index contributed by atoms with van der Waals surface area (Å²) in [6.45, 7) is 5.28. The van der Waals surface area contributed by atoms with E-state index in [4.69, 9.17) is 11.6 Å². The third kappa shape index (κ3) is 2.99. The van der Waals surface area contributed by atoms with Crippen LogP contribution in [0.25, 0.3) is 0 Å². The Hall–Kier alpha value is -0.600. The number of rotatable bonds is 5. The summed E-state index contributed by atoms with van der Waals surface area (Å²) in [5.74, 6) is -0.151. The van der Waals surface area contributed by atoms with Gasteiger partial charge in [-0.2, -0.15) is 0 Å². The van der Waals surface area contributed by atoms with Gasteiger partial charge in [0.15, 0.2) is 0 Å². The smallest absolute Gasteiger partial charge is 0.126 e. The van der Waals surface area contributed by atoms with E-state index in [-0.39, 0.29) is 5.82 Å². The Labute approximate surface area is 107 Å². The molecule has 17 heavy (non-hydrogen) atoms. The maximum atomic E-state index is 13.7. The lowest BCUT2D eigenvalue weighted by atomic mass is 9.92. The quantitative estimate of drug-likeness (QED) is 0.844. The molecule has 3 heteroatoms. The number of hydrogen-bond acceptors (Lipinski definition) is 1. The van der Waals surface area contributed by atoms with Crippen LogP contribution < -0.4 is 5.32 Å². The van der Waals surface area contributed by atoms with Gasteiger partial charge < -0.3 is 5.32 Å². The molecule has 0 spiro atoms. The molecule has 2 rings (SSSR count). The average Bonchev–Trinajstić information content (AvgIpc) is 3.02. The van der Waals surface area contributed by atoms with Gasteiger partial charge in [-0.25, -0.2) is 4.39 Å². The van der Waals surface area contributed by atoms with Crippen molar-refractivity contribution >= 4 is 11.6 Å². The first-order chi connectivity index (χ1) is 8.05. The molecule has 0 saturated heterocycles. The largest absolute Gasteiger partial charge is 0.313 e. The van der Waals surface area contributed by atoms with Gasteiger partial charge in [0.2, 0.25) is 0 Å². The zero-order valence-electron chi connectivity index (χ0n) is 10.4. The average molecular weight is 256 g/mol. The van der Waals surface area contributed by atoms with Crippen LogP contribution in [0.1, 0.15) is 32.3 Å². The van der Waals surface area contributed by atoms with Crippen LogP contribution in [-0.4, -0.2) is 12.6 Å². The fraction of sp³-hybridized carbons (Fsp3) is 0.571. The van der Waals surface area contributed by atoms with Gasteiger partial charge in [0.05, 0.1) is 0 Å². The van der Waals surface area contributed by atoms with Crippen molar-refractivity contribution in [3.8, 4) is 0 Å². The summed E-state index contributed by atoms with van der Waals surface area (Å²) in [5.41, 5.74) is 1.06. The summed E-state index contributed by atoms with van der Waals surface area (Å²) in [6.07, 6.45) is 3.18. The van der Waals surface area contributed by atoms with E-state index in [1.54, 1.807) is 12.1 Å². The van der Waals surface area contributed by atoms with Crippen molar-refractivity contribution < 1.29 is 4.39 Å². The van der Waals surface area contributed by atoms with Crippen LogP contribution in [0.5, 0.6) is 0 Å². The van der Waals surface area contributed by atoms with E-state index in [9.17, 15) is 4.39 Å². The predicted octanol–water partition coefficient (Wildman–Crippen LogP) is 3.80. The molecule has 1 N–H and O–H groups in total. The van der Waals surface area contributed by atoms with Gasteiger partial charge in [-0.3, -0.25) is 0 Å². The lowest BCUT2D eigenvalue weighted by Gasteiger charge is -2.24. The molecular weight excluding hydrogens is 237 g/mol. The number of halogens is 2. The third-order valence-corrected chi connectivity index (χ3v) is 4.00. The molecule has 0 aliphatic heterocycles. The summed E-state index contributed by atoms with van der Waals surface area (Å²) >= 11 is 5.92. The van der Waals surface area contributed by atoms with Crippen molar-refractivity contribution in [1.29, 1.82) is 0 Å². The molecule has 0 bridgehead atoms. The summed E-state index contributed by atoms with van der Waals surface area (Å²) < 4.78 is 13.7. The monoisotopic (exact) mass is 255 g/mol. The molecule has 0 radical (unpaired) electrons. The molecule has 0 heterocycles. The normalized spacial score (nSPS) is 19.1. The fourth-order valence-electron chi connectivity index (χ4n) is 2.28. The van der Waals surface area contributed by atoms with Gasteiger partial charge >= 0.3 is 0 Å². The van der Waals surface area contributed by atoms with Crippen molar-refractivity contribution in [2.75, 3.05) is 6.54 Å². The second kappa shape index (κ2) is 4.95. The first kappa shape index (κ1) is 12.8. The van der Waals surface area contributed by atoms with Crippen molar-refractivity contribution in [3.63, 3.8) is 0 Å². The molecule has 0 amide bonds. The minimum atomic E-state index is -0.151. The van der Waals surface area contributed by atoms with Gasteiger partial charge in [-0.05, 0) is 55.0 Å². The first-order valence-corrected chi connectivity index (χ1v) is 6.60. The summed E-state index contributed by atoms with van der Waals surface area (Å²) in [7, 11) is 0. The molecule has 1 fully saturated rings. The van der Waals surface area contributed by atoms with Crippen LogP contribution in [0.15, 0.2) is 18.2 Å². The van der Waals surface area contributed by atoms with Crippen LogP contribution >= 0.6 is 11.6 Å². The lowest BCUT2D eigenvalue weighted by Crippen LogP contribution is -2.38. The Bertz CT molecular complexity index is 401. The Morgan fingerprint density at radius 3 is 2.76 bits per heavy atom. The molecule has 1 unspecified atom stereocenters. The molecule has 1 atom stereocenters. The topological polar surface area (TPSA) is 12.0 Å². The van der Waals surface area contributed by atoms with Crippen molar-refractivity contribution in [1.82, 2.24) is 5.32 Å². The Morgan fingerprint density at radius 2 is 2.18 bits per heavy atom. The number of likely N-dealkylation sites (N-methyl/N-ethyl adjacent to an activating group) is 1. The highest BCUT2D eigenvalue weighted by molar-refractivity contribution is 6.30.